The molecule has 0 aromatic carbocycles. The molecule has 1 N–H and O–H groups in total. The molecule has 1 saturated carbocycles. The Kier molecular flexibility index (Phi) is 6.70. The quantitative estimate of drug-likeness (QED) is 0.532. The second-order valence-electron chi connectivity index (χ2n) is 13.4. The van der Waals surface area contributed by atoms with Crippen molar-refractivity contribution in [3.63, 3.8) is 0 Å². The highest BCUT2D eigenvalue weighted by Crippen LogP contribution is 2.63. The number of Topliss-reactive ketones (excluding diaryl/α,β-unsaturated/α-hetero) is 1. The van der Waals surface area contributed by atoms with Crippen molar-refractivity contribution >= 4 is 11.9 Å². The Labute approximate surface area is 226 Å². The van der Waals surface area contributed by atoms with Crippen LogP contribution in [0.25, 0.3) is 0 Å². The topological polar surface area (TPSA) is 94.5 Å². The number of hydrogen-bond acceptors (Lipinski definition) is 7. The molecular formula is C30H45NO7. The number of allylic oxidation sites excluding steroid dienone is 1. The Morgan fingerprint density at radius 1 is 1.13 bits per heavy atom. The maximum atomic E-state index is 14.8. The molecule has 8 nitrogen and oxygen atoms in total. The number of carbonyl (C=O) groups is 2. The number of ketones is 1. The van der Waals surface area contributed by atoms with E-state index in [-0.39, 0.29) is 35.7 Å². The Morgan fingerprint density at radius 3 is 2.45 bits per heavy atom. The van der Waals surface area contributed by atoms with Gasteiger partial charge in [-0.3, -0.25) is 4.79 Å². The van der Waals surface area contributed by atoms with Crippen LogP contribution in [0, 0.1) is 28.6 Å². The van der Waals surface area contributed by atoms with Crippen LogP contribution >= 0.6 is 0 Å². The third-order valence-corrected chi connectivity index (χ3v) is 10.5. The lowest BCUT2D eigenvalue weighted by Crippen LogP contribution is -2.68. The van der Waals surface area contributed by atoms with Crippen molar-refractivity contribution < 1.29 is 33.6 Å². The number of ether oxygens (including phenoxy) is 4. The van der Waals surface area contributed by atoms with Gasteiger partial charge < -0.3 is 29.0 Å². The molecule has 212 valence electrons. The molecule has 0 radical (unpaired) electrons. The largest absolute Gasteiger partial charge is 0.438 e. The van der Waals surface area contributed by atoms with E-state index in [4.69, 9.17) is 18.9 Å². The first-order chi connectivity index (χ1) is 17.7. The van der Waals surface area contributed by atoms with E-state index in [1.165, 1.54) is 0 Å². The zero-order valence-corrected chi connectivity index (χ0v) is 24.2. The van der Waals surface area contributed by atoms with E-state index < -0.39 is 41.0 Å². The fourth-order valence-electron chi connectivity index (χ4n) is 7.77. The fraction of sp³-hybridized carbons (Fsp3) is 0.800. The Hall–Kier alpha value is -1.74. The van der Waals surface area contributed by atoms with Gasteiger partial charge in [-0.15, -0.1) is 0 Å². The minimum atomic E-state index is -1.82. The van der Waals surface area contributed by atoms with E-state index in [9.17, 15) is 14.7 Å². The third kappa shape index (κ3) is 3.85. The van der Waals surface area contributed by atoms with Gasteiger partial charge in [0.15, 0.2) is 23.3 Å². The summed E-state index contributed by atoms with van der Waals surface area (Å²) in [4.78, 5) is 29.9. The summed E-state index contributed by atoms with van der Waals surface area (Å²) in [5.41, 5.74) is -2.01. The van der Waals surface area contributed by atoms with Gasteiger partial charge in [-0.2, -0.15) is 0 Å². The van der Waals surface area contributed by atoms with Crippen molar-refractivity contribution in [2.45, 2.75) is 97.4 Å². The molecule has 38 heavy (non-hydrogen) atoms. The summed E-state index contributed by atoms with van der Waals surface area (Å²) in [6.45, 7) is 15.4. The van der Waals surface area contributed by atoms with Crippen LogP contribution in [0.1, 0.15) is 67.7 Å². The van der Waals surface area contributed by atoms with Gasteiger partial charge in [-0.1, -0.05) is 39.8 Å². The summed E-state index contributed by atoms with van der Waals surface area (Å²) in [7, 11) is 1.73. The van der Waals surface area contributed by atoms with Crippen molar-refractivity contribution in [1.29, 1.82) is 0 Å². The van der Waals surface area contributed by atoms with Gasteiger partial charge in [0.05, 0.1) is 12.0 Å². The van der Waals surface area contributed by atoms with Crippen LogP contribution in [0.4, 0.5) is 4.79 Å². The number of nitrogens with zero attached hydrogens (tertiary/aromatic N) is 1. The molecule has 1 amide bonds. The third-order valence-electron chi connectivity index (χ3n) is 10.5. The minimum Gasteiger partial charge on any atom is -0.438 e. The molecule has 2 saturated heterocycles. The highest BCUT2D eigenvalue weighted by atomic mass is 16.7. The predicted molar refractivity (Wildman–Crippen MR) is 141 cm³/mol. The van der Waals surface area contributed by atoms with Crippen molar-refractivity contribution in [1.82, 2.24) is 4.90 Å². The molecule has 8 heteroatoms. The number of fused-ring (bicyclic) bond motifs is 3. The zero-order chi connectivity index (χ0) is 27.8. The maximum absolute atomic E-state index is 14.8. The summed E-state index contributed by atoms with van der Waals surface area (Å²) < 4.78 is 24.2. The standard InChI is InChI=1S/C30H45NO7/c1-17-15-29-19(3)13-18(2)27(4,5)22(23(29)32)14-20-16-36-28(6,7)38-25(20)30(29,34)24(17)37-26(33)31(8)21-9-11-35-12-10-21/h14-15,18-19,21-22,24-25,34H,9-13,16H2,1-8H3/t18-,19+,22+,24-,25+,29-,30+/m0/s1. The van der Waals surface area contributed by atoms with Gasteiger partial charge >= 0.3 is 6.09 Å². The minimum absolute atomic E-state index is 0.00198. The molecule has 7 atom stereocenters. The van der Waals surface area contributed by atoms with E-state index in [1.54, 1.807) is 11.9 Å². The summed E-state index contributed by atoms with van der Waals surface area (Å²) in [6.07, 6.45) is 3.69. The van der Waals surface area contributed by atoms with E-state index in [0.29, 0.717) is 18.8 Å². The molecule has 3 fully saturated rings. The number of hydrogen-bond donors (Lipinski definition) is 1. The molecule has 2 heterocycles. The Balaban J connectivity index is 1.64. The molecule has 5 rings (SSSR count). The lowest BCUT2D eigenvalue weighted by molar-refractivity contribution is -0.303. The van der Waals surface area contributed by atoms with Crippen LogP contribution < -0.4 is 0 Å². The normalized spacial score (nSPS) is 42.1. The van der Waals surface area contributed by atoms with E-state index in [0.717, 1.165) is 24.8 Å². The number of carbonyl (C=O) groups excluding carboxylic acids is 2. The van der Waals surface area contributed by atoms with Crippen LogP contribution in [0.5, 0.6) is 0 Å². The van der Waals surface area contributed by atoms with E-state index in [1.807, 2.05) is 32.9 Å². The van der Waals surface area contributed by atoms with E-state index >= 15 is 0 Å². The van der Waals surface area contributed by atoms with Gasteiger partial charge in [0, 0.05) is 32.2 Å². The van der Waals surface area contributed by atoms with Gasteiger partial charge in [0.2, 0.25) is 0 Å². The van der Waals surface area contributed by atoms with Gasteiger partial charge in [-0.05, 0) is 68.4 Å². The lowest BCUT2D eigenvalue weighted by Gasteiger charge is -2.52. The molecule has 3 aliphatic carbocycles. The van der Waals surface area contributed by atoms with Gasteiger partial charge in [-0.25, -0.2) is 4.79 Å². The summed E-state index contributed by atoms with van der Waals surface area (Å²) in [5.74, 6) is -1.42. The van der Waals surface area contributed by atoms with Crippen LogP contribution in [0.3, 0.4) is 0 Å². The molecule has 2 aliphatic heterocycles. The Morgan fingerprint density at radius 2 is 1.79 bits per heavy atom. The predicted octanol–water partition coefficient (Wildman–Crippen LogP) is 4.26. The van der Waals surface area contributed by atoms with Gasteiger partial charge in [0.25, 0.3) is 0 Å². The SMILES string of the molecule is CC1=C[C@]23C(=O)[C@@H](C=C4COC(C)(C)O[C@H]4[C@]2(O)[C@H]1OC(=O)N(C)C1CCOCC1)C(C)(C)[C@@H](C)C[C@H]3C. The highest BCUT2D eigenvalue weighted by molar-refractivity contribution is 5.95. The van der Waals surface area contributed by atoms with Crippen molar-refractivity contribution in [3.05, 3.63) is 23.3 Å². The number of rotatable bonds is 2. The van der Waals surface area contributed by atoms with Crippen LogP contribution in [0.2, 0.25) is 0 Å². The van der Waals surface area contributed by atoms with Crippen molar-refractivity contribution in [2.24, 2.45) is 28.6 Å². The van der Waals surface area contributed by atoms with Gasteiger partial charge in [0.1, 0.15) is 6.10 Å². The number of aliphatic hydroxyl groups is 1. The number of amides is 1. The highest BCUT2D eigenvalue weighted by Gasteiger charge is 2.74. The van der Waals surface area contributed by atoms with Crippen LogP contribution in [0.15, 0.2) is 23.3 Å². The smallest absolute Gasteiger partial charge is 0.410 e. The monoisotopic (exact) mass is 531 g/mol. The molecule has 1 spiro atoms. The molecule has 0 aromatic heterocycles. The van der Waals surface area contributed by atoms with Crippen molar-refractivity contribution in [3.8, 4) is 0 Å². The average Bonchev–Trinajstić information content (AvgIpc) is 3.02. The van der Waals surface area contributed by atoms with Crippen LogP contribution in [-0.2, 0) is 23.7 Å². The second-order valence-corrected chi connectivity index (χ2v) is 13.4. The summed E-state index contributed by atoms with van der Waals surface area (Å²) in [5, 5.41) is 13.1. The molecule has 0 aromatic rings. The lowest BCUT2D eigenvalue weighted by atomic mass is 9.59. The zero-order valence-electron chi connectivity index (χ0n) is 24.2. The molecule has 0 unspecified atom stereocenters. The first kappa shape index (κ1) is 27.8. The Bertz CT molecular complexity index is 1060. The second kappa shape index (κ2) is 9.15. The van der Waals surface area contributed by atoms with Crippen LogP contribution in [-0.4, -0.2) is 78.4 Å². The molecule has 5 aliphatic rings. The maximum Gasteiger partial charge on any atom is 0.410 e. The first-order valence-electron chi connectivity index (χ1n) is 14.2. The average molecular weight is 532 g/mol. The summed E-state index contributed by atoms with van der Waals surface area (Å²) >= 11 is 0. The fourth-order valence-corrected chi connectivity index (χ4v) is 7.77. The molecular weight excluding hydrogens is 486 g/mol. The molecule has 2 bridgehead atoms. The first-order valence-corrected chi connectivity index (χ1v) is 14.2. The van der Waals surface area contributed by atoms with E-state index in [2.05, 4.69) is 27.7 Å². The summed E-state index contributed by atoms with van der Waals surface area (Å²) in [6, 6.07) is -0.00198. The van der Waals surface area contributed by atoms with Crippen molar-refractivity contribution in [2.75, 3.05) is 26.9 Å².